The van der Waals surface area contributed by atoms with E-state index in [9.17, 15) is 0 Å². The molecule has 0 radical (unpaired) electrons. The monoisotopic (exact) mass is 724 g/mol. The van der Waals surface area contributed by atoms with Gasteiger partial charge in [-0.3, -0.25) is 0 Å². The Morgan fingerprint density at radius 2 is 0.957 bits per heavy atom. The molecule has 0 aliphatic heterocycles. The van der Waals surface area contributed by atoms with Crippen LogP contribution in [0.5, 0.6) is 0 Å². The molecule has 0 nitrogen and oxygen atoms in total. The average Bonchev–Trinajstić information content (AvgIpc) is 3.55. The van der Waals surface area contributed by atoms with Gasteiger partial charge < -0.3 is 24.8 Å². The first kappa shape index (κ1) is 34.8. The van der Waals surface area contributed by atoms with E-state index in [1.165, 1.54) is 87.6 Å². The number of fused-ring (bicyclic) bond motifs is 4. The van der Waals surface area contributed by atoms with Crippen LogP contribution >= 0.6 is 0 Å². The molecule has 0 amide bonds. The first-order chi connectivity index (χ1) is 21.4. The van der Waals surface area contributed by atoms with E-state index >= 15 is 0 Å². The van der Waals surface area contributed by atoms with Crippen molar-refractivity contribution in [2.24, 2.45) is 0 Å². The van der Waals surface area contributed by atoms with Crippen LogP contribution in [0.1, 0.15) is 36.1 Å². The van der Waals surface area contributed by atoms with E-state index < -0.39 is 0 Å². The Morgan fingerprint density at radius 3 is 1.53 bits per heavy atom. The van der Waals surface area contributed by atoms with Gasteiger partial charge in [0.1, 0.15) is 0 Å². The van der Waals surface area contributed by atoms with Crippen LogP contribution in [0.2, 0.25) is 0 Å². The summed E-state index contributed by atoms with van der Waals surface area (Å²) < 4.78 is 0. The first-order valence-corrected chi connectivity index (χ1v) is 15.7. The summed E-state index contributed by atoms with van der Waals surface area (Å²) in [5.41, 5.74) is 10.8. The minimum Gasteiger partial charge on any atom is -1.00 e. The Hall–Kier alpha value is -3.48. The van der Waals surface area contributed by atoms with Crippen molar-refractivity contribution in [1.29, 1.82) is 0 Å². The van der Waals surface area contributed by atoms with E-state index in [0.717, 1.165) is 6.42 Å². The predicted molar refractivity (Wildman–Crippen MR) is 191 cm³/mol. The zero-order valence-electron chi connectivity index (χ0n) is 27.2. The van der Waals surface area contributed by atoms with Crippen molar-refractivity contribution in [1.82, 2.24) is 0 Å². The van der Waals surface area contributed by atoms with Gasteiger partial charge in [0, 0.05) is 0 Å². The van der Waals surface area contributed by atoms with Gasteiger partial charge in [0.15, 0.2) is 0 Å². The fraction of sp³-hybridized carbons (Fsp3) is 0.136. The number of benzene rings is 6. The van der Waals surface area contributed by atoms with Gasteiger partial charge in [0.2, 0.25) is 0 Å². The molecule has 0 N–H and O–H groups in total. The first-order valence-electron chi connectivity index (χ1n) is 15.7. The van der Waals surface area contributed by atoms with Gasteiger partial charge in [-0.15, -0.1) is 80.2 Å². The third-order valence-corrected chi connectivity index (χ3v) is 9.79. The molecule has 0 fully saturated rings. The standard InChI is InChI=1S/C44H36.2ClH.Zr/c1-28-25-32-17-9-19-34(42(32)40(28)37-22-10-15-30-13-5-7-20-35(30)37)27-44(3,4)39-24-12-18-33-26-29(2)41(43(33)39)38-23-11-16-31-14-6-8-21-36(31)38;;;/h5-26H,27H2,1-4H3;2*1H;/q-2;;;+4/p-2. The minimum absolute atomic E-state index is 0. The van der Waals surface area contributed by atoms with Gasteiger partial charge in [-0.05, 0) is 33.4 Å². The molecule has 47 heavy (non-hydrogen) atoms. The Morgan fingerprint density at radius 1 is 0.511 bits per heavy atom. The molecule has 0 aromatic heterocycles. The van der Waals surface area contributed by atoms with Crippen molar-refractivity contribution >= 4 is 43.1 Å². The van der Waals surface area contributed by atoms with Gasteiger partial charge >= 0.3 is 26.2 Å². The quantitative estimate of drug-likeness (QED) is 0.185. The average molecular weight is 727 g/mol. The number of rotatable bonds is 5. The van der Waals surface area contributed by atoms with Crippen molar-refractivity contribution in [3.05, 3.63) is 156 Å². The van der Waals surface area contributed by atoms with Crippen molar-refractivity contribution in [2.45, 2.75) is 39.5 Å². The van der Waals surface area contributed by atoms with Gasteiger partial charge in [-0.25, -0.2) is 0 Å². The van der Waals surface area contributed by atoms with Crippen molar-refractivity contribution < 1.29 is 51.0 Å². The molecule has 0 spiro atoms. The molecule has 8 rings (SSSR count). The maximum Gasteiger partial charge on any atom is 4.00 e. The summed E-state index contributed by atoms with van der Waals surface area (Å²) in [6.45, 7) is 9.42. The van der Waals surface area contributed by atoms with E-state index in [2.05, 4.69) is 161 Å². The van der Waals surface area contributed by atoms with Gasteiger partial charge in [0.05, 0.1) is 0 Å². The molecule has 8 aromatic rings. The maximum atomic E-state index is 2.43. The summed E-state index contributed by atoms with van der Waals surface area (Å²) >= 11 is 0. The van der Waals surface area contributed by atoms with Crippen LogP contribution < -0.4 is 24.8 Å². The van der Waals surface area contributed by atoms with E-state index in [0.29, 0.717) is 0 Å². The summed E-state index contributed by atoms with van der Waals surface area (Å²) in [5, 5.41) is 10.7. The third kappa shape index (κ3) is 5.82. The number of halogens is 2. The maximum absolute atomic E-state index is 2.43. The Kier molecular flexibility index (Phi) is 10.1. The molecule has 0 atom stereocenters. The van der Waals surface area contributed by atoms with E-state index in [1.807, 2.05) is 0 Å². The van der Waals surface area contributed by atoms with Gasteiger partial charge in [-0.2, -0.15) is 0 Å². The molecule has 3 heteroatoms. The molecule has 0 saturated carbocycles. The molecular formula is C44H36Cl2Zr. The molecular weight excluding hydrogens is 691 g/mol. The molecule has 0 bridgehead atoms. The summed E-state index contributed by atoms with van der Waals surface area (Å²) in [5.74, 6) is 0. The van der Waals surface area contributed by atoms with Crippen LogP contribution in [0.3, 0.4) is 0 Å². The molecule has 8 aromatic carbocycles. The molecule has 0 heterocycles. The Bertz CT molecular complexity index is 2360. The normalized spacial score (nSPS) is 11.4. The summed E-state index contributed by atoms with van der Waals surface area (Å²) in [6.07, 6.45) is 0.948. The Labute approximate surface area is 309 Å². The zero-order chi connectivity index (χ0) is 30.0. The van der Waals surface area contributed by atoms with E-state index in [4.69, 9.17) is 0 Å². The molecule has 230 valence electrons. The van der Waals surface area contributed by atoms with E-state index in [1.54, 1.807) is 0 Å². The van der Waals surface area contributed by atoms with Gasteiger partial charge in [0.25, 0.3) is 0 Å². The second kappa shape index (κ2) is 13.6. The summed E-state index contributed by atoms with van der Waals surface area (Å²) in [7, 11) is 0. The van der Waals surface area contributed by atoms with E-state index in [-0.39, 0.29) is 56.4 Å². The van der Waals surface area contributed by atoms with Crippen LogP contribution in [-0.2, 0) is 38.0 Å². The summed E-state index contributed by atoms with van der Waals surface area (Å²) in [4.78, 5) is 0. The number of aryl methyl sites for hydroxylation is 2. The smallest absolute Gasteiger partial charge is 1.00 e. The number of hydrogen-bond acceptors (Lipinski definition) is 0. The van der Waals surface area contributed by atoms with Crippen LogP contribution in [0.25, 0.3) is 65.3 Å². The fourth-order valence-corrected chi connectivity index (χ4v) is 7.88. The molecule has 0 unspecified atom stereocenters. The second-order valence-corrected chi connectivity index (χ2v) is 13.2. The second-order valence-electron chi connectivity index (χ2n) is 13.2. The molecule has 0 aliphatic carbocycles. The van der Waals surface area contributed by atoms with Crippen LogP contribution in [0, 0.1) is 13.8 Å². The topological polar surface area (TPSA) is 0 Å². The van der Waals surface area contributed by atoms with Crippen LogP contribution in [-0.4, -0.2) is 0 Å². The van der Waals surface area contributed by atoms with Crippen molar-refractivity contribution in [2.75, 3.05) is 0 Å². The Balaban J connectivity index is 0.00000144. The minimum atomic E-state index is -0.102. The SMILES string of the molecule is Cc1[cH-]c2cccc(CC(C)(C)c3cccc4[cH-]c(C)c(-c5cccc6ccccc56)c34)c2c1-c1cccc2ccccc12.[Cl-].[Cl-].[Zr+4]. The number of hydrogen-bond donors (Lipinski definition) is 0. The van der Waals surface area contributed by atoms with Crippen LogP contribution in [0.4, 0.5) is 0 Å². The van der Waals surface area contributed by atoms with Gasteiger partial charge in [-0.1, -0.05) is 147 Å². The molecule has 0 saturated heterocycles. The third-order valence-electron chi connectivity index (χ3n) is 9.79. The largest absolute Gasteiger partial charge is 4.00 e. The fourth-order valence-electron chi connectivity index (χ4n) is 7.88. The van der Waals surface area contributed by atoms with Crippen LogP contribution in [0.15, 0.2) is 133 Å². The summed E-state index contributed by atoms with van der Waals surface area (Å²) in [6, 6.07) is 49.6. The van der Waals surface area contributed by atoms with Crippen molar-refractivity contribution in [3.8, 4) is 22.3 Å². The zero-order valence-corrected chi connectivity index (χ0v) is 31.1. The van der Waals surface area contributed by atoms with Crippen molar-refractivity contribution in [3.63, 3.8) is 0 Å². The molecule has 0 aliphatic rings. The predicted octanol–water partition coefficient (Wildman–Crippen LogP) is 6.21.